The van der Waals surface area contributed by atoms with E-state index in [-0.39, 0.29) is 15.9 Å². The molecule has 2 rings (SSSR count). The molecule has 4 nitrogen and oxygen atoms in total. The van der Waals surface area contributed by atoms with E-state index < -0.39 is 0 Å². The Labute approximate surface area is 128 Å². The highest BCUT2D eigenvalue weighted by Gasteiger charge is 2.27. The van der Waals surface area contributed by atoms with E-state index >= 15 is 0 Å². The highest BCUT2D eigenvalue weighted by atomic mass is 127. The third-order valence-electron chi connectivity index (χ3n) is 3.43. The van der Waals surface area contributed by atoms with E-state index in [1.54, 1.807) is 22.6 Å². The van der Waals surface area contributed by atoms with Crippen molar-refractivity contribution in [3.8, 4) is 0 Å². The Bertz CT molecular complexity index is 418. The lowest BCUT2D eigenvalue weighted by Crippen LogP contribution is -2.37. The molecule has 19 heavy (non-hydrogen) atoms. The number of amides is 1. The third-order valence-corrected chi connectivity index (χ3v) is 3.81. The SMILES string of the molecule is BN1CCO[C@H](CNC(=O)I)C(c2ccccc2)C1. The Morgan fingerprint density at radius 2 is 2.21 bits per heavy atom. The molecule has 1 aliphatic rings. The van der Waals surface area contributed by atoms with Crippen LogP contribution in [0.25, 0.3) is 0 Å². The van der Waals surface area contributed by atoms with Crippen molar-refractivity contribution in [1.29, 1.82) is 0 Å². The summed E-state index contributed by atoms with van der Waals surface area (Å²) < 4.78 is 5.89. The van der Waals surface area contributed by atoms with Crippen LogP contribution in [0.2, 0.25) is 0 Å². The lowest BCUT2D eigenvalue weighted by molar-refractivity contribution is 0.0542. The van der Waals surface area contributed by atoms with E-state index in [0.717, 1.165) is 13.1 Å². The molecule has 1 unspecified atom stereocenters. The van der Waals surface area contributed by atoms with Gasteiger partial charge in [0.25, 0.3) is 3.91 Å². The Morgan fingerprint density at radius 3 is 2.89 bits per heavy atom. The molecule has 0 aromatic heterocycles. The van der Waals surface area contributed by atoms with E-state index in [1.165, 1.54) is 5.56 Å². The van der Waals surface area contributed by atoms with Crippen LogP contribution in [0.4, 0.5) is 4.79 Å². The smallest absolute Gasteiger partial charge is 0.280 e. The average molecular weight is 372 g/mol. The summed E-state index contributed by atoms with van der Waals surface area (Å²) in [5.41, 5.74) is 1.27. The third kappa shape index (κ3) is 4.47. The zero-order chi connectivity index (χ0) is 13.7. The molecule has 6 heteroatoms. The minimum atomic E-state index is -0.0365. The summed E-state index contributed by atoms with van der Waals surface area (Å²) >= 11 is 1.76. The largest absolute Gasteiger partial charge is 0.374 e. The summed E-state index contributed by atoms with van der Waals surface area (Å²) in [5.74, 6) is 0.289. The first-order chi connectivity index (χ1) is 9.16. The maximum atomic E-state index is 11.1. The van der Waals surface area contributed by atoms with Gasteiger partial charge >= 0.3 is 0 Å². The van der Waals surface area contributed by atoms with Gasteiger partial charge in [0.05, 0.1) is 12.7 Å². The zero-order valence-electron chi connectivity index (χ0n) is 11.0. The van der Waals surface area contributed by atoms with Crippen molar-refractivity contribution < 1.29 is 9.53 Å². The van der Waals surface area contributed by atoms with Gasteiger partial charge in [-0.2, -0.15) is 0 Å². The molecule has 102 valence electrons. The summed E-state index contributed by atoms with van der Waals surface area (Å²) in [5, 5.41) is 2.86. The van der Waals surface area contributed by atoms with Crippen LogP contribution in [0.1, 0.15) is 11.5 Å². The van der Waals surface area contributed by atoms with Crippen LogP contribution in [0, 0.1) is 0 Å². The topological polar surface area (TPSA) is 41.6 Å². The molecule has 1 aromatic carbocycles. The van der Waals surface area contributed by atoms with Crippen molar-refractivity contribution in [1.82, 2.24) is 10.1 Å². The van der Waals surface area contributed by atoms with Crippen molar-refractivity contribution in [3.05, 3.63) is 35.9 Å². The number of carbonyl (C=O) groups is 1. The van der Waals surface area contributed by atoms with Crippen LogP contribution in [0.5, 0.6) is 0 Å². The standard InChI is InChI=1S/C13H18BIN2O2/c14-17-6-7-19-12(8-16-13(15)18)11(9-17)10-4-2-1-3-5-10/h1-5,11-12H,6-9,14H2,(H,16,18)/t11?,12-/m1/s1. The van der Waals surface area contributed by atoms with Crippen LogP contribution in [0.3, 0.4) is 0 Å². The van der Waals surface area contributed by atoms with E-state index in [2.05, 4.69) is 30.2 Å². The molecule has 0 radical (unpaired) electrons. The van der Waals surface area contributed by atoms with E-state index in [1.807, 2.05) is 18.2 Å². The first kappa shape index (κ1) is 14.8. The Hall–Kier alpha value is -0.595. The summed E-state index contributed by atoms with van der Waals surface area (Å²) in [4.78, 5) is 13.4. The van der Waals surface area contributed by atoms with Gasteiger partial charge < -0.3 is 14.9 Å². The van der Waals surface area contributed by atoms with Gasteiger partial charge in [0, 0.05) is 41.6 Å². The monoisotopic (exact) mass is 372 g/mol. The van der Waals surface area contributed by atoms with Gasteiger partial charge in [-0.3, -0.25) is 4.79 Å². The number of benzene rings is 1. The van der Waals surface area contributed by atoms with Gasteiger partial charge in [-0.15, -0.1) is 0 Å². The van der Waals surface area contributed by atoms with Crippen molar-refractivity contribution in [2.75, 3.05) is 26.2 Å². The molecule has 1 saturated heterocycles. The fourth-order valence-electron chi connectivity index (χ4n) is 2.42. The first-order valence-electron chi connectivity index (χ1n) is 6.45. The van der Waals surface area contributed by atoms with Gasteiger partial charge in [-0.05, 0) is 12.1 Å². The van der Waals surface area contributed by atoms with Crippen LogP contribution in [-0.4, -0.2) is 49.1 Å². The Balaban J connectivity index is 2.14. The maximum absolute atomic E-state index is 11.1. The highest BCUT2D eigenvalue weighted by Crippen LogP contribution is 2.24. The molecule has 1 aliphatic heterocycles. The highest BCUT2D eigenvalue weighted by molar-refractivity contribution is 14.1. The second kappa shape index (κ2) is 7.26. The molecular formula is C13H18BIN2O2. The number of hydrogen-bond donors (Lipinski definition) is 1. The lowest BCUT2D eigenvalue weighted by atomic mass is 9.92. The van der Waals surface area contributed by atoms with Gasteiger partial charge in [0.2, 0.25) is 0 Å². The van der Waals surface area contributed by atoms with Gasteiger partial charge in [-0.25, -0.2) is 0 Å². The van der Waals surface area contributed by atoms with Crippen LogP contribution in [-0.2, 0) is 4.74 Å². The van der Waals surface area contributed by atoms with Gasteiger partial charge in [-0.1, -0.05) is 30.3 Å². The van der Waals surface area contributed by atoms with Crippen molar-refractivity contribution in [2.45, 2.75) is 12.0 Å². The average Bonchev–Trinajstić information content (AvgIpc) is 2.59. The molecule has 0 saturated carbocycles. The Kier molecular flexibility index (Phi) is 5.66. The fourth-order valence-corrected chi connectivity index (χ4v) is 2.64. The van der Waals surface area contributed by atoms with Gasteiger partial charge in [0.15, 0.2) is 7.98 Å². The number of ether oxygens (including phenoxy) is 1. The maximum Gasteiger partial charge on any atom is 0.280 e. The van der Waals surface area contributed by atoms with Gasteiger partial charge in [0.1, 0.15) is 0 Å². The number of carbonyl (C=O) groups excluding carboxylic acids is 1. The summed E-state index contributed by atoms with van der Waals surface area (Å²) in [6, 6.07) is 10.4. The zero-order valence-corrected chi connectivity index (χ0v) is 13.2. The second-order valence-electron chi connectivity index (χ2n) is 4.84. The predicted molar refractivity (Wildman–Crippen MR) is 86.5 cm³/mol. The molecule has 2 atom stereocenters. The lowest BCUT2D eigenvalue weighted by Gasteiger charge is -2.26. The van der Waals surface area contributed by atoms with E-state index in [9.17, 15) is 4.79 Å². The number of rotatable bonds is 3. The normalized spacial score (nSPS) is 24.7. The minimum absolute atomic E-state index is 0.0334. The number of halogens is 1. The van der Waals surface area contributed by atoms with E-state index in [4.69, 9.17) is 4.74 Å². The number of nitrogens with one attached hydrogen (secondary N) is 1. The summed E-state index contributed by atoms with van der Waals surface area (Å²) in [7, 11) is 2.11. The minimum Gasteiger partial charge on any atom is -0.374 e. The second-order valence-corrected chi connectivity index (χ2v) is 5.82. The molecule has 0 spiro atoms. The van der Waals surface area contributed by atoms with Crippen molar-refractivity contribution in [2.24, 2.45) is 0 Å². The number of hydrogen-bond acceptors (Lipinski definition) is 3. The van der Waals surface area contributed by atoms with Crippen molar-refractivity contribution >= 4 is 34.5 Å². The molecule has 0 bridgehead atoms. The summed E-state index contributed by atoms with van der Waals surface area (Å²) in [6.07, 6.45) is 0.0334. The van der Waals surface area contributed by atoms with Crippen LogP contribution < -0.4 is 5.32 Å². The molecular weight excluding hydrogens is 354 g/mol. The van der Waals surface area contributed by atoms with E-state index in [0.29, 0.717) is 13.2 Å². The molecule has 1 aromatic rings. The number of nitrogens with zero attached hydrogens (tertiary/aromatic N) is 1. The molecule has 1 fully saturated rings. The van der Waals surface area contributed by atoms with Crippen LogP contribution >= 0.6 is 22.6 Å². The first-order valence-corrected chi connectivity index (χ1v) is 7.53. The Morgan fingerprint density at radius 1 is 1.47 bits per heavy atom. The quantitative estimate of drug-likeness (QED) is 0.375. The summed E-state index contributed by atoms with van der Waals surface area (Å²) in [6.45, 7) is 3.15. The van der Waals surface area contributed by atoms with Crippen LogP contribution in [0.15, 0.2) is 30.3 Å². The van der Waals surface area contributed by atoms with Crippen molar-refractivity contribution in [3.63, 3.8) is 0 Å². The molecule has 1 heterocycles. The molecule has 1 N–H and O–H groups in total. The molecule has 1 amide bonds. The molecule has 0 aliphatic carbocycles. The predicted octanol–water partition coefficient (Wildman–Crippen LogP) is 1.16. The fraction of sp³-hybridized carbons (Fsp3) is 0.462.